The van der Waals surface area contributed by atoms with Crippen molar-refractivity contribution in [2.75, 3.05) is 32.8 Å². The summed E-state index contributed by atoms with van der Waals surface area (Å²) in [6.07, 6.45) is 0.512. The molecule has 2 atom stereocenters. The van der Waals surface area contributed by atoms with Crippen molar-refractivity contribution in [2.45, 2.75) is 19.3 Å². The number of amides is 2. The summed E-state index contributed by atoms with van der Waals surface area (Å²) in [7, 11) is 0. The zero-order chi connectivity index (χ0) is 16.4. The first-order valence-corrected chi connectivity index (χ1v) is 8.06. The highest BCUT2D eigenvalue weighted by atomic mass is 19.1. The average molecular weight is 320 g/mol. The Hall–Kier alpha value is -2.11. The fourth-order valence-corrected chi connectivity index (χ4v) is 3.10. The predicted octanol–water partition coefficient (Wildman–Crippen LogP) is 2.23. The van der Waals surface area contributed by atoms with Crippen LogP contribution in [0.4, 0.5) is 9.18 Å². The van der Waals surface area contributed by atoms with Gasteiger partial charge in [-0.15, -0.1) is 0 Å². The first-order valence-electron chi connectivity index (χ1n) is 8.06. The summed E-state index contributed by atoms with van der Waals surface area (Å²) in [4.78, 5) is 27.6. The molecule has 0 N–H and O–H groups in total. The van der Waals surface area contributed by atoms with Crippen molar-refractivity contribution < 1.29 is 18.7 Å². The van der Waals surface area contributed by atoms with Gasteiger partial charge in [-0.05, 0) is 37.0 Å². The van der Waals surface area contributed by atoms with Crippen LogP contribution in [-0.4, -0.2) is 54.6 Å². The summed E-state index contributed by atoms with van der Waals surface area (Å²) in [5.41, 5.74) is 1.02. The van der Waals surface area contributed by atoms with Crippen molar-refractivity contribution in [3.63, 3.8) is 0 Å². The van der Waals surface area contributed by atoms with E-state index in [0.717, 1.165) is 12.0 Å². The van der Waals surface area contributed by atoms with E-state index in [9.17, 15) is 14.0 Å². The summed E-state index contributed by atoms with van der Waals surface area (Å²) >= 11 is 0. The molecule has 1 saturated heterocycles. The normalized spacial score (nSPS) is 23.6. The van der Waals surface area contributed by atoms with E-state index in [2.05, 4.69) is 0 Å². The molecule has 6 heteroatoms. The number of hydrogen-bond acceptors (Lipinski definition) is 3. The predicted molar refractivity (Wildman–Crippen MR) is 82.4 cm³/mol. The van der Waals surface area contributed by atoms with Crippen LogP contribution in [0.2, 0.25) is 0 Å². The molecule has 1 aliphatic heterocycles. The molecule has 2 fully saturated rings. The zero-order valence-electron chi connectivity index (χ0n) is 13.2. The van der Waals surface area contributed by atoms with Gasteiger partial charge in [-0.25, -0.2) is 9.18 Å². The first kappa shape index (κ1) is 15.8. The second-order valence-electron chi connectivity index (χ2n) is 6.01. The Balaban J connectivity index is 1.51. The van der Waals surface area contributed by atoms with Gasteiger partial charge in [0.25, 0.3) is 0 Å². The number of benzene rings is 1. The van der Waals surface area contributed by atoms with Gasteiger partial charge in [-0.3, -0.25) is 4.79 Å². The molecule has 2 aliphatic rings. The number of hydrogen-bond donors (Lipinski definition) is 0. The largest absolute Gasteiger partial charge is 0.450 e. The lowest BCUT2D eigenvalue weighted by atomic mass is 10.1. The Bertz CT molecular complexity index is 582. The van der Waals surface area contributed by atoms with E-state index < -0.39 is 0 Å². The molecule has 2 amide bonds. The van der Waals surface area contributed by atoms with Crippen molar-refractivity contribution in [1.29, 1.82) is 0 Å². The Kier molecular flexibility index (Phi) is 4.50. The number of rotatable bonds is 3. The Morgan fingerprint density at radius 2 is 1.74 bits per heavy atom. The number of piperazine rings is 1. The molecular formula is C17H21FN2O3. The molecule has 23 heavy (non-hydrogen) atoms. The molecule has 1 aliphatic carbocycles. The monoisotopic (exact) mass is 320 g/mol. The second-order valence-corrected chi connectivity index (χ2v) is 6.01. The molecule has 124 valence electrons. The van der Waals surface area contributed by atoms with E-state index in [4.69, 9.17) is 4.74 Å². The second kappa shape index (κ2) is 6.56. The summed E-state index contributed by atoms with van der Waals surface area (Å²) in [5.74, 6) is 0.0796. The van der Waals surface area contributed by atoms with Gasteiger partial charge in [0.2, 0.25) is 5.91 Å². The smallest absolute Gasteiger partial charge is 0.409 e. The van der Waals surface area contributed by atoms with E-state index >= 15 is 0 Å². The van der Waals surface area contributed by atoms with E-state index in [1.807, 2.05) is 4.90 Å². The van der Waals surface area contributed by atoms with E-state index in [-0.39, 0.29) is 29.7 Å². The summed E-state index contributed by atoms with van der Waals surface area (Å²) in [6, 6.07) is 6.39. The third-order valence-corrected chi connectivity index (χ3v) is 4.52. The van der Waals surface area contributed by atoms with Crippen molar-refractivity contribution in [1.82, 2.24) is 9.80 Å². The van der Waals surface area contributed by atoms with Crippen LogP contribution in [0.3, 0.4) is 0 Å². The Morgan fingerprint density at radius 1 is 1.13 bits per heavy atom. The summed E-state index contributed by atoms with van der Waals surface area (Å²) < 4.78 is 17.9. The molecule has 0 aromatic heterocycles. The highest BCUT2D eigenvalue weighted by molar-refractivity contribution is 5.83. The SMILES string of the molecule is CCOC(=O)N1CCN(C(=O)[C@H]2C[C@H]2c2ccc(F)cc2)CC1. The van der Waals surface area contributed by atoms with Crippen LogP contribution in [0.1, 0.15) is 24.8 Å². The van der Waals surface area contributed by atoms with E-state index in [1.54, 1.807) is 24.0 Å². The molecule has 0 spiro atoms. The van der Waals surface area contributed by atoms with Gasteiger partial charge in [-0.1, -0.05) is 12.1 Å². The number of ether oxygens (including phenoxy) is 1. The minimum Gasteiger partial charge on any atom is -0.450 e. The molecule has 0 unspecified atom stereocenters. The molecule has 1 aromatic rings. The van der Waals surface area contributed by atoms with Crippen LogP contribution in [0.15, 0.2) is 24.3 Å². The molecule has 0 radical (unpaired) electrons. The molecule has 1 heterocycles. The highest BCUT2D eigenvalue weighted by Gasteiger charge is 2.46. The molecule has 5 nitrogen and oxygen atoms in total. The maximum Gasteiger partial charge on any atom is 0.409 e. The number of nitrogens with zero attached hydrogens (tertiary/aromatic N) is 2. The lowest BCUT2D eigenvalue weighted by molar-refractivity contribution is -0.134. The minimum absolute atomic E-state index is 0.00500. The average Bonchev–Trinajstić information content (AvgIpc) is 3.36. The fraction of sp³-hybridized carbons (Fsp3) is 0.529. The van der Waals surface area contributed by atoms with Crippen molar-refractivity contribution in [2.24, 2.45) is 5.92 Å². The maximum absolute atomic E-state index is 13.0. The van der Waals surface area contributed by atoms with Crippen LogP contribution in [0.25, 0.3) is 0 Å². The van der Waals surface area contributed by atoms with Gasteiger partial charge >= 0.3 is 6.09 Å². The highest BCUT2D eigenvalue weighted by Crippen LogP contribution is 2.48. The minimum atomic E-state index is -0.310. The van der Waals surface area contributed by atoms with Crippen LogP contribution >= 0.6 is 0 Å². The van der Waals surface area contributed by atoms with E-state index in [1.165, 1.54) is 12.1 Å². The third-order valence-electron chi connectivity index (χ3n) is 4.52. The standard InChI is InChI=1S/C17H21FN2O3/c1-2-23-17(22)20-9-7-19(8-10-20)16(21)15-11-14(15)12-3-5-13(18)6-4-12/h3-6,14-15H,2,7-11H2,1H3/t14-,15-/m0/s1. The van der Waals surface area contributed by atoms with Gasteiger partial charge < -0.3 is 14.5 Å². The number of carbonyl (C=O) groups is 2. The van der Waals surface area contributed by atoms with Crippen LogP contribution in [0.5, 0.6) is 0 Å². The van der Waals surface area contributed by atoms with Crippen molar-refractivity contribution in [3.8, 4) is 0 Å². The Morgan fingerprint density at radius 3 is 2.35 bits per heavy atom. The van der Waals surface area contributed by atoms with Crippen LogP contribution in [0, 0.1) is 11.7 Å². The molecule has 1 aromatic carbocycles. The van der Waals surface area contributed by atoms with Gasteiger partial charge in [0.05, 0.1) is 6.61 Å². The van der Waals surface area contributed by atoms with Gasteiger partial charge in [0.15, 0.2) is 0 Å². The quantitative estimate of drug-likeness (QED) is 0.858. The number of carbonyl (C=O) groups excluding carboxylic acids is 2. The van der Waals surface area contributed by atoms with Gasteiger partial charge in [0.1, 0.15) is 5.82 Å². The van der Waals surface area contributed by atoms with E-state index in [0.29, 0.717) is 32.8 Å². The molecule has 0 bridgehead atoms. The summed E-state index contributed by atoms with van der Waals surface area (Å²) in [6.45, 7) is 4.26. The maximum atomic E-state index is 13.0. The summed E-state index contributed by atoms with van der Waals surface area (Å²) in [5, 5.41) is 0. The lowest BCUT2D eigenvalue weighted by Gasteiger charge is -2.34. The number of halogens is 1. The van der Waals surface area contributed by atoms with Crippen molar-refractivity contribution in [3.05, 3.63) is 35.6 Å². The van der Waals surface area contributed by atoms with Crippen molar-refractivity contribution >= 4 is 12.0 Å². The Labute approximate surface area is 135 Å². The topological polar surface area (TPSA) is 49.9 Å². The molecule has 3 rings (SSSR count). The lowest BCUT2D eigenvalue weighted by Crippen LogP contribution is -2.51. The molecular weight excluding hydrogens is 299 g/mol. The van der Waals surface area contributed by atoms with Crippen LogP contribution in [-0.2, 0) is 9.53 Å². The first-order chi connectivity index (χ1) is 11.1. The van der Waals surface area contributed by atoms with Gasteiger partial charge in [0, 0.05) is 32.1 Å². The molecule has 1 saturated carbocycles. The van der Waals surface area contributed by atoms with Crippen LogP contribution < -0.4 is 0 Å². The third kappa shape index (κ3) is 3.46. The fourth-order valence-electron chi connectivity index (χ4n) is 3.10. The van der Waals surface area contributed by atoms with Gasteiger partial charge in [-0.2, -0.15) is 0 Å². The zero-order valence-corrected chi connectivity index (χ0v) is 13.2.